The third-order valence-corrected chi connectivity index (χ3v) is 4.53. The summed E-state index contributed by atoms with van der Waals surface area (Å²) in [4.78, 5) is 63.0. The van der Waals surface area contributed by atoms with Gasteiger partial charge in [0, 0.05) is 18.7 Å². The number of rotatable bonds is 15. The molecule has 0 aromatic rings. The molecule has 0 aromatic carbocycles. The predicted molar refractivity (Wildman–Crippen MR) is 119 cm³/mol. The number of primary amides is 1. The summed E-state index contributed by atoms with van der Waals surface area (Å²) in [5.74, 6) is -4.42. The van der Waals surface area contributed by atoms with E-state index in [1.165, 1.54) is 6.92 Å². The molecule has 182 valence electrons. The lowest BCUT2D eigenvalue weighted by Crippen LogP contribution is -2.57. The van der Waals surface area contributed by atoms with Gasteiger partial charge in [-0.05, 0) is 26.2 Å². The van der Waals surface area contributed by atoms with Crippen molar-refractivity contribution in [2.75, 3.05) is 12.3 Å². The van der Waals surface area contributed by atoms with Gasteiger partial charge in [-0.2, -0.15) is 12.6 Å². The molecule has 0 saturated carbocycles. The smallest absolute Gasteiger partial charge is 0.325 e. The van der Waals surface area contributed by atoms with E-state index in [1.807, 2.05) is 0 Å². The summed E-state index contributed by atoms with van der Waals surface area (Å²) in [6.07, 6.45) is 0.280. The standard InChI is InChI=1S/C17H32N8O6S/c1-8(16(30)31)23-15(29)11(7-32)25-14(28)10(4-5-12(19)26)24-13(27)9(18)3-2-6-22-17(20)21/h8-11,32H,2-7,18H2,1H3,(H2,19,26)(H,23,29)(H,24,27)(H,25,28)(H,30,31)(H4,20,21,22). The molecule has 4 amide bonds. The second-order valence-corrected chi connectivity index (χ2v) is 7.30. The first kappa shape index (κ1) is 28.9. The average molecular weight is 477 g/mol. The molecular formula is C17H32N8O6S. The minimum absolute atomic E-state index is 0.0910. The van der Waals surface area contributed by atoms with Crippen molar-refractivity contribution in [3.8, 4) is 0 Å². The number of carbonyl (C=O) groups is 5. The van der Waals surface area contributed by atoms with Crippen molar-refractivity contribution in [3.05, 3.63) is 0 Å². The third kappa shape index (κ3) is 11.9. The van der Waals surface area contributed by atoms with Crippen molar-refractivity contribution in [1.82, 2.24) is 16.0 Å². The molecule has 14 nitrogen and oxygen atoms in total. The van der Waals surface area contributed by atoms with Gasteiger partial charge in [-0.3, -0.25) is 29.0 Å². The van der Waals surface area contributed by atoms with Gasteiger partial charge in [-0.1, -0.05) is 0 Å². The van der Waals surface area contributed by atoms with Crippen LogP contribution in [0.1, 0.15) is 32.6 Å². The van der Waals surface area contributed by atoms with Crippen LogP contribution in [-0.4, -0.2) is 77.1 Å². The summed E-state index contributed by atoms with van der Waals surface area (Å²) in [6.45, 7) is 1.52. The summed E-state index contributed by atoms with van der Waals surface area (Å²) in [7, 11) is 0. The average Bonchev–Trinajstić information content (AvgIpc) is 2.71. The summed E-state index contributed by atoms with van der Waals surface area (Å²) >= 11 is 3.99. The van der Waals surface area contributed by atoms with Crippen molar-refractivity contribution >= 4 is 48.2 Å². The zero-order valence-corrected chi connectivity index (χ0v) is 18.6. The van der Waals surface area contributed by atoms with Gasteiger partial charge >= 0.3 is 5.97 Å². The number of nitrogens with zero attached hydrogens (tertiary/aromatic N) is 1. The number of nitrogens with one attached hydrogen (secondary N) is 3. The van der Waals surface area contributed by atoms with Gasteiger partial charge in [0.2, 0.25) is 23.6 Å². The molecule has 0 aliphatic carbocycles. The van der Waals surface area contributed by atoms with Crippen molar-refractivity contribution < 1.29 is 29.1 Å². The molecule has 0 saturated heterocycles. The Morgan fingerprint density at radius 2 is 1.50 bits per heavy atom. The lowest BCUT2D eigenvalue weighted by atomic mass is 10.1. The number of thiol groups is 1. The number of carboxylic acid groups (broad SMARTS) is 1. The maximum Gasteiger partial charge on any atom is 0.325 e. The second-order valence-electron chi connectivity index (χ2n) is 6.93. The number of nitrogens with two attached hydrogens (primary N) is 4. The molecule has 0 aliphatic heterocycles. The van der Waals surface area contributed by atoms with Gasteiger partial charge in [0.1, 0.15) is 18.1 Å². The molecule has 0 heterocycles. The first-order chi connectivity index (χ1) is 14.9. The van der Waals surface area contributed by atoms with Crippen LogP contribution in [0, 0.1) is 0 Å². The molecule has 0 aliphatic rings. The Bertz CT molecular complexity index is 715. The highest BCUT2D eigenvalue weighted by molar-refractivity contribution is 7.80. The Balaban J connectivity index is 5.09. The predicted octanol–water partition coefficient (Wildman–Crippen LogP) is -3.88. The second kappa shape index (κ2) is 14.9. The molecule has 0 aromatic heterocycles. The number of guanidine groups is 1. The van der Waals surface area contributed by atoms with E-state index in [-0.39, 0.29) is 37.5 Å². The van der Waals surface area contributed by atoms with E-state index in [9.17, 15) is 24.0 Å². The molecule has 0 spiro atoms. The van der Waals surface area contributed by atoms with E-state index in [0.717, 1.165) is 0 Å². The Morgan fingerprint density at radius 1 is 0.938 bits per heavy atom. The lowest BCUT2D eigenvalue weighted by Gasteiger charge is -2.23. The Hall–Kier alpha value is -3.07. The molecule has 0 radical (unpaired) electrons. The largest absolute Gasteiger partial charge is 0.480 e. The molecule has 4 atom stereocenters. The van der Waals surface area contributed by atoms with Crippen LogP contribution < -0.4 is 38.9 Å². The van der Waals surface area contributed by atoms with Crippen molar-refractivity contribution in [3.63, 3.8) is 0 Å². The van der Waals surface area contributed by atoms with E-state index >= 15 is 0 Å². The molecule has 0 bridgehead atoms. The zero-order chi connectivity index (χ0) is 24.8. The highest BCUT2D eigenvalue weighted by atomic mass is 32.1. The van der Waals surface area contributed by atoms with Crippen LogP contribution in [0.5, 0.6) is 0 Å². The summed E-state index contributed by atoms with van der Waals surface area (Å²) in [5, 5.41) is 15.9. The molecule has 4 unspecified atom stereocenters. The van der Waals surface area contributed by atoms with E-state index in [2.05, 4.69) is 33.6 Å². The number of hydrogen-bond donors (Lipinski definition) is 9. The molecule has 0 rings (SSSR count). The van der Waals surface area contributed by atoms with E-state index < -0.39 is 53.8 Å². The van der Waals surface area contributed by atoms with Crippen LogP contribution in [0.3, 0.4) is 0 Å². The van der Waals surface area contributed by atoms with Crippen molar-refractivity contribution in [1.29, 1.82) is 0 Å². The van der Waals surface area contributed by atoms with Gasteiger partial charge < -0.3 is 44.0 Å². The minimum atomic E-state index is -1.26. The summed E-state index contributed by atoms with van der Waals surface area (Å²) in [5.41, 5.74) is 21.4. The SMILES string of the molecule is CC(NC(=O)C(CS)NC(=O)C(CCC(N)=O)NC(=O)C(N)CCCN=C(N)N)C(=O)O. The van der Waals surface area contributed by atoms with Crippen LogP contribution in [0.4, 0.5) is 0 Å². The van der Waals surface area contributed by atoms with Gasteiger partial charge in [-0.25, -0.2) is 0 Å². The first-order valence-electron chi connectivity index (χ1n) is 9.73. The number of carbonyl (C=O) groups excluding carboxylic acids is 4. The van der Waals surface area contributed by atoms with Crippen molar-refractivity contribution in [2.24, 2.45) is 27.9 Å². The number of aliphatic carboxylic acids is 1. The topological polar surface area (TPSA) is 258 Å². The van der Waals surface area contributed by atoms with E-state index in [4.69, 9.17) is 28.0 Å². The minimum Gasteiger partial charge on any atom is -0.480 e. The molecular weight excluding hydrogens is 444 g/mol. The van der Waals surface area contributed by atoms with E-state index in [1.54, 1.807) is 0 Å². The van der Waals surface area contributed by atoms with E-state index in [0.29, 0.717) is 6.42 Å². The fourth-order valence-electron chi connectivity index (χ4n) is 2.33. The van der Waals surface area contributed by atoms with Crippen molar-refractivity contribution in [2.45, 2.75) is 56.8 Å². The Morgan fingerprint density at radius 3 is 2.00 bits per heavy atom. The monoisotopic (exact) mass is 476 g/mol. The first-order valence-corrected chi connectivity index (χ1v) is 10.4. The maximum atomic E-state index is 12.6. The summed E-state index contributed by atoms with van der Waals surface area (Å²) < 4.78 is 0. The molecule has 15 heteroatoms. The quantitative estimate of drug-likeness (QED) is 0.0483. The maximum absolute atomic E-state index is 12.6. The van der Waals surface area contributed by atoms with Gasteiger partial charge in [0.05, 0.1) is 6.04 Å². The van der Waals surface area contributed by atoms with Crippen LogP contribution in [-0.2, 0) is 24.0 Å². The lowest BCUT2D eigenvalue weighted by molar-refractivity contribution is -0.141. The number of amides is 4. The zero-order valence-electron chi connectivity index (χ0n) is 17.7. The fraction of sp³-hybridized carbons (Fsp3) is 0.647. The third-order valence-electron chi connectivity index (χ3n) is 4.16. The van der Waals surface area contributed by atoms with Crippen LogP contribution in [0.15, 0.2) is 4.99 Å². The highest BCUT2D eigenvalue weighted by Gasteiger charge is 2.28. The highest BCUT2D eigenvalue weighted by Crippen LogP contribution is 2.03. The fourth-order valence-corrected chi connectivity index (χ4v) is 2.58. The van der Waals surface area contributed by atoms with Crippen LogP contribution in [0.25, 0.3) is 0 Å². The van der Waals surface area contributed by atoms with Gasteiger partial charge in [0.15, 0.2) is 5.96 Å². The Kier molecular flexibility index (Phi) is 13.4. The number of carboxylic acids is 1. The molecule has 32 heavy (non-hydrogen) atoms. The number of hydrogen-bond acceptors (Lipinski definition) is 8. The van der Waals surface area contributed by atoms with Gasteiger partial charge in [-0.15, -0.1) is 0 Å². The summed E-state index contributed by atoms with van der Waals surface area (Å²) in [6, 6.07) is -4.57. The molecule has 12 N–H and O–H groups in total. The normalized spacial score (nSPS) is 14.2. The van der Waals surface area contributed by atoms with Crippen LogP contribution in [0.2, 0.25) is 0 Å². The van der Waals surface area contributed by atoms with Crippen LogP contribution >= 0.6 is 12.6 Å². The molecule has 0 fully saturated rings. The van der Waals surface area contributed by atoms with Gasteiger partial charge in [0.25, 0.3) is 0 Å². The number of aliphatic imine (C=N–C) groups is 1. The Labute approximate surface area is 190 Å².